The van der Waals surface area contributed by atoms with Gasteiger partial charge < -0.3 is 9.88 Å². The number of aryl methyl sites for hydroxylation is 2. The van der Waals surface area contributed by atoms with Crippen molar-refractivity contribution in [1.82, 2.24) is 4.98 Å². The average molecular weight is 430 g/mol. The number of hydrogen-bond acceptors (Lipinski definition) is 3. The molecule has 4 rings (SSSR count). The summed E-state index contributed by atoms with van der Waals surface area (Å²) in [6, 6.07) is 9.77. The van der Waals surface area contributed by atoms with Crippen LogP contribution in [0.4, 0.5) is 25.8 Å². The molecular weight excluding hydrogens is 412 g/mol. The summed E-state index contributed by atoms with van der Waals surface area (Å²) in [4.78, 5) is 30.8. The molecule has 3 aromatic rings. The molecule has 0 bridgehead atoms. The Hall–Kier alpha value is -3.19. The highest BCUT2D eigenvalue weighted by Crippen LogP contribution is 2.39. The molecule has 0 unspecified atom stereocenters. The highest BCUT2D eigenvalue weighted by Gasteiger charge is 2.33. The summed E-state index contributed by atoms with van der Waals surface area (Å²) < 4.78 is 28.1. The summed E-state index contributed by atoms with van der Waals surface area (Å²) in [6.45, 7) is 3.63. The second kappa shape index (κ2) is 7.57. The quantitative estimate of drug-likeness (QED) is 0.642. The molecule has 154 valence electrons. The topological polar surface area (TPSA) is 56.4 Å². The van der Waals surface area contributed by atoms with Crippen LogP contribution in [-0.2, 0) is 6.42 Å². The standard InChI is InChI=1S/C22H18ClF2N3O2/c1-3-13-8-14(24)4-5-19(13)27-11-28(18-6-7-21(29)26-12(18)2)22(30)15-9-16(23)17(25)10-20(15)27/h4-10H,3,11H2,1-2H3,(H,26,29). The third-order valence-electron chi connectivity index (χ3n) is 5.18. The van der Waals surface area contributed by atoms with Crippen molar-refractivity contribution in [3.8, 4) is 0 Å². The van der Waals surface area contributed by atoms with Crippen LogP contribution in [0.15, 0.2) is 47.3 Å². The van der Waals surface area contributed by atoms with Gasteiger partial charge in [0.2, 0.25) is 5.56 Å². The van der Waals surface area contributed by atoms with Gasteiger partial charge in [-0.15, -0.1) is 0 Å². The molecule has 1 amide bonds. The second-order valence-corrected chi connectivity index (χ2v) is 7.45. The third-order valence-corrected chi connectivity index (χ3v) is 5.47. The minimum atomic E-state index is -0.651. The Balaban J connectivity index is 1.94. The summed E-state index contributed by atoms with van der Waals surface area (Å²) >= 11 is 5.97. The molecule has 0 atom stereocenters. The number of nitrogens with zero attached hydrogens (tertiary/aromatic N) is 2. The van der Waals surface area contributed by atoms with Crippen LogP contribution in [0, 0.1) is 18.6 Å². The third kappa shape index (κ3) is 3.35. The normalized spacial score (nSPS) is 13.6. The molecule has 2 heterocycles. The highest BCUT2D eigenvalue weighted by atomic mass is 35.5. The Labute approximate surface area is 176 Å². The average Bonchev–Trinajstić information content (AvgIpc) is 2.71. The van der Waals surface area contributed by atoms with Crippen LogP contribution >= 0.6 is 11.6 Å². The zero-order valence-electron chi connectivity index (χ0n) is 16.3. The van der Waals surface area contributed by atoms with Crippen molar-refractivity contribution in [1.29, 1.82) is 0 Å². The molecule has 0 saturated carbocycles. The fourth-order valence-corrected chi connectivity index (χ4v) is 3.88. The first-order valence-electron chi connectivity index (χ1n) is 9.37. The van der Waals surface area contributed by atoms with Gasteiger partial charge in [-0.2, -0.15) is 0 Å². The molecule has 8 heteroatoms. The van der Waals surface area contributed by atoms with E-state index in [-0.39, 0.29) is 34.5 Å². The molecule has 1 aromatic heterocycles. The molecule has 5 nitrogen and oxygen atoms in total. The van der Waals surface area contributed by atoms with Crippen LogP contribution in [0.3, 0.4) is 0 Å². The van der Waals surface area contributed by atoms with E-state index in [1.165, 1.54) is 35.2 Å². The molecular formula is C22H18ClF2N3O2. The lowest BCUT2D eigenvalue weighted by Gasteiger charge is -2.39. The number of amides is 1. The first-order valence-corrected chi connectivity index (χ1v) is 9.74. The van der Waals surface area contributed by atoms with Crippen molar-refractivity contribution >= 4 is 34.6 Å². The first-order chi connectivity index (χ1) is 14.3. The number of benzene rings is 2. The van der Waals surface area contributed by atoms with E-state index >= 15 is 0 Å². The highest BCUT2D eigenvalue weighted by molar-refractivity contribution is 6.31. The van der Waals surface area contributed by atoms with Gasteiger partial charge in [-0.3, -0.25) is 14.5 Å². The van der Waals surface area contributed by atoms with Crippen molar-refractivity contribution in [2.75, 3.05) is 16.5 Å². The van der Waals surface area contributed by atoms with E-state index in [2.05, 4.69) is 4.98 Å². The maximum atomic E-state index is 14.3. The van der Waals surface area contributed by atoms with Crippen molar-refractivity contribution < 1.29 is 13.6 Å². The van der Waals surface area contributed by atoms with Crippen LogP contribution in [0.2, 0.25) is 5.02 Å². The largest absolute Gasteiger partial charge is 0.324 e. The molecule has 30 heavy (non-hydrogen) atoms. The zero-order chi connectivity index (χ0) is 21.6. The van der Waals surface area contributed by atoms with Crippen LogP contribution in [-0.4, -0.2) is 17.6 Å². The Morgan fingerprint density at radius 3 is 2.43 bits per heavy atom. The lowest BCUT2D eigenvalue weighted by Crippen LogP contribution is -2.45. The fourth-order valence-electron chi connectivity index (χ4n) is 3.71. The smallest absolute Gasteiger partial charge is 0.262 e. The van der Waals surface area contributed by atoms with Crippen molar-refractivity contribution in [3.63, 3.8) is 0 Å². The Morgan fingerprint density at radius 2 is 1.73 bits per heavy atom. The van der Waals surface area contributed by atoms with Crippen molar-refractivity contribution in [3.05, 3.63) is 86.3 Å². The van der Waals surface area contributed by atoms with E-state index in [0.717, 1.165) is 0 Å². The van der Waals surface area contributed by atoms with Crippen molar-refractivity contribution in [2.45, 2.75) is 20.3 Å². The number of halogens is 3. The van der Waals surface area contributed by atoms with Crippen LogP contribution in [0.1, 0.15) is 28.5 Å². The van der Waals surface area contributed by atoms with E-state index in [9.17, 15) is 18.4 Å². The van der Waals surface area contributed by atoms with Gasteiger partial charge in [-0.25, -0.2) is 8.78 Å². The molecule has 1 N–H and O–H groups in total. The van der Waals surface area contributed by atoms with Crippen LogP contribution in [0.5, 0.6) is 0 Å². The van der Waals surface area contributed by atoms with E-state index < -0.39 is 5.82 Å². The lowest BCUT2D eigenvalue weighted by molar-refractivity contribution is 0.0983. The lowest BCUT2D eigenvalue weighted by atomic mass is 10.0. The predicted octanol–water partition coefficient (Wildman–Crippen LogP) is 4.93. The van der Waals surface area contributed by atoms with Crippen LogP contribution < -0.4 is 15.4 Å². The zero-order valence-corrected chi connectivity index (χ0v) is 17.1. The minimum Gasteiger partial charge on any atom is -0.324 e. The number of H-pyrrole nitrogens is 1. The molecule has 0 saturated heterocycles. The summed E-state index contributed by atoms with van der Waals surface area (Å²) in [5, 5.41) is -0.170. The number of rotatable bonds is 3. The van der Waals surface area contributed by atoms with Gasteiger partial charge in [0.25, 0.3) is 5.91 Å². The number of aromatic amines is 1. The van der Waals surface area contributed by atoms with Crippen molar-refractivity contribution in [2.24, 2.45) is 0 Å². The fraction of sp³-hybridized carbons (Fsp3) is 0.182. The number of nitrogens with one attached hydrogen (secondary N) is 1. The van der Waals surface area contributed by atoms with Gasteiger partial charge in [0.15, 0.2) is 0 Å². The second-order valence-electron chi connectivity index (χ2n) is 7.05. The monoisotopic (exact) mass is 429 g/mol. The number of hydrogen-bond donors (Lipinski definition) is 1. The Bertz CT molecular complexity index is 1230. The maximum Gasteiger partial charge on any atom is 0.262 e. The summed E-state index contributed by atoms with van der Waals surface area (Å²) in [6.07, 6.45) is 0.542. The Kier molecular flexibility index (Phi) is 5.07. The van der Waals surface area contributed by atoms with Gasteiger partial charge in [0.1, 0.15) is 18.3 Å². The van der Waals surface area contributed by atoms with Gasteiger partial charge in [0.05, 0.1) is 22.0 Å². The van der Waals surface area contributed by atoms with Crippen LogP contribution in [0.25, 0.3) is 0 Å². The summed E-state index contributed by atoms with van der Waals surface area (Å²) in [5.74, 6) is -1.40. The summed E-state index contributed by atoms with van der Waals surface area (Å²) in [5.41, 5.74) is 2.67. The van der Waals surface area contributed by atoms with E-state index in [1.54, 1.807) is 24.0 Å². The number of aromatic nitrogens is 1. The molecule has 0 radical (unpaired) electrons. The van der Waals surface area contributed by atoms with E-state index in [4.69, 9.17) is 11.6 Å². The molecule has 0 spiro atoms. The number of pyridine rings is 1. The van der Waals surface area contributed by atoms with E-state index in [1.807, 2.05) is 6.92 Å². The molecule has 0 fully saturated rings. The first kappa shape index (κ1) is 20.1. The summed E-state index contributed by atoms with van der Waals surface area (Å²) in [7, 11) is 0. The van der Waals surface area contributed by atoms with E-state index in [0.29, 0.717) is 34.7 Å². The molecule has 1 aliphatic heterocycles. The Morgan fingerprint density at radius 1 is 1.00 bits per heavy atom. The maximum absolute atomic E-state index is 14.3. The van der Waals surface area contributed by atoms with Gasteiger partial charge in [-0.05, 0) is 55.3 Å². The molecule has 1 aliphatic rings. The van der Waals surface area contributed by atoms with Gasteiger partial charge in [0, 0.05) is 17.4 Å². The minimum absolute atomic E-state index is 0.0540. The predicted molar refractivity (Wildman–Crippen MR) is 113 cm³/mol. The number of fused-ring (bicyclic) bond motifs is 1. The SMILES string of the molecule is CCc1cc(F)ccc1N1CN(c2ccc(=O)[nH]c2C)C(=O)c2cc(Cl)c(F)cc21. The number of anilines is 3. The van der Waals surface area contributed by atoms with Gasteiger partial charge >= 0.3 is 0 Å². The van der Waals surface area contributed by atoms with Gasteiger partial charge in [-0.1, -0.05) is 18.5 Å². The number of carbonyl (C=O) groups excluding carboxylic acids is 1. The molecule has 0 aliphatic carbocycles. The molecule has 2 aromatic carbocycles. The number of carbonyl (C=O) groups is 1.